The molecule has 2 aromatic carbocycles. The van der Waals surface area contributed by atoms with Gasteiger partial charge in [0.1, 0.15) is 5.01 Å². The van der Waals surface area contributed by atoms with Crippen LogP contribution in [-0.4, -0.2) is 4.98 Å². The number of rotatable bonds is 3. The van der Waals surface area contributed by atoms with Gasteiger partial charge in [-0.3, -0.25) is 0 Å². The van der Waals surface area contributed by atoms with E-state index in [-0.39, 0.29) is 0 Å². The molecule has 3 nitrogen and oxygen atoms in total. The molecule has 0 aliphatic carbocycles. The summed E-state index contributed by atoms with van der Waals surface area (Å²) in [7, 11) is 0. The van der Waals surface area contributed by atoms with Crippen molar-refractivity contribution >= 4 is 22.7 Å². The molecule has 0 fully saturated rings. The first kappa shape index (κ1) is 14.7. The third-order valence-corrected chi connectivity index (χ3v) is 4.79. The molecule has 0 saturated carbocycles. The predicted octanol–water partition coefficient (Wildman–Crippen LogP) is 5.30. The van der Waals surface area contributed by atoms with Crippen LogP contribution < -0.4 is 10.6 Å². The Morgan fingerprint density at radius 3 is 2.42 bits per heavy atom. The molecule has 0 radical (unpaired) electrons. The third kappa shape index (κ3) is 2.84. The Balaban J connectivity index is 1.83. The molecule has 2 N–H and O–H groups in total. The smallest absolute Gasteiger partial charge is 0.125 e. The largest absolute Gasteiger partial charge is 0.399 e. The second-order valence-electron chi connectivity index (χ2n) is 5.60. The van der Waals surface area contributed by atoms with Crippen molar-refractivity contribution in [1.82, 2.24) is 4.98 Å². The van der Waals surface area contributed by atoms with Crippen molar-refractivity contribution in [2.24, 2.45) is 0 Å². The lowest BCUT2D eigenvalue weighted by Crippen LogP contribution is -2.10. The Morgan fingerprint density at radius 1 is 0.958 bits per heavy atom. The number of nitrogens with two attached hydrogens (primary N) is 1. The van der Waals surface area contributed by atoms with Crippen molar-refractivity contribution in [2.75, 3.05) is 10.6 Å². The molecule has 0 spiro atoms. The number of anilines is 2. The van der Waals surface area contributed by atoms with Gasteiger partial charge in [0, 0.05) is 35.2 Å². The second kappa shape index (κ2) is 6.34. The van der Waals surface area contributed by atoms with Crippen LogP contribution in [0.4, 0.5) is 11.4 Å². The summed E-state index contributed by atoms with van der Waals surface area (Å²) in [6.07, 6.45) is 11.3. The summed E-state index contributed by atoms with van der Waals surface area (Å²) in [4.78, 5) is 6.66. The van der Waals surface area contributed by atoms with Gasteiger partial charge in [0.25, 0.3) is 0 Å². The fraction of sp³-hybridized carbons (Fsp3) is 0.0500. The lowest BCUT2D eigenvalue weighted by Gasteiger charge is -2.21. The minimum Gasteiger partial charge on any atom is -0.399 e. The quantitative estimate of drug-likeness (QED) is 0.662. The molecule has 118 valence electrons. The Bertz CT molecular complexity index is 881. The monoisotopic (exact) mass is 331 g/mol. The molecule has 0 bridgehead atoms. The Labute approximate surface area is 145 Å². The molecule has 0 atom stereocenters. The molecule has 4 heteroatoms. The first-order chi connectivity index (χ1) is 11.8. The first-order valence-electron chi connectivity index (χ1n) is 7.83. The molecule has 1 aromatic heterocycles. The molecular formula is C20H17N3S. The molecule has 1 aliphatic heterocycles. The molecule has 3 aromatic rings. The number of nitrogens with zero attached hydrogens (tertiary/aromatic N) is 2. The second-order valence-corrected chi connectivity index (χ2v) is 6.50. The highest BCUT2D eigenvalue weighted by Crippen LogP contribution is 2.37. The number of nitrogen functional groups attached to an aromatic ring is 1. The molecular weight excluding hydrogens is 314 g/mol. The van der Waals surface area contributed by atoms with Gasteiger partial charge < -0.3 is 10.6 Å². The molecule has 1 aliphatic rings. The topological polar surface area (TPSA) is 42.1 Å². The van der Waals surface area contributed by atoms with Crippen LogP contribution in [0.2, 0.25) is 0 Å². The van der Waals surface area contributed by atoms with E-state index in [4.69, 9.17) is 5.73 Å². The van der Waals surface area contributed by atoms with E-state index in [9.17, 15) is 0 Å². The minimum absolute atomic E-state index is 0.777. The van der Waals surface area contributed by atoms with Gasteiger partial charge >= 0.3 is 0 Å². The lowest BCUT2D eigenvalue weighted by molar-refractivity contribution is 1.18. The van der Waals surface area contributed by atoms with Crippen molar-refractivity contribution in [3.8, 4) is 21.7 Å². The number of hydrogen-bond acceptors (Lipinski definition) is 4. The van der Waals surface area contributed by atoms with E-state index in [0.717, 1.165) is 39.5 Å². The summed E-state index contributed by atoms with van der Waals surface area (Å²) in [6, 6.07) is 14.5. The van der Waals surface area contributed by atoms with E-state index in [1.54, 1.807) is 11.3 Å². The zero-order valence-corrected chi connectivity index (χ0v) is 13.9. The summed E-state index contributed by atoms with van der Waals surface area (Å²) in [5.74, 6) is 0. The fourth-order valence-electron chi connectivity index (χ4n) is 2.78. The summed E-state index contributed by atoms with van der Waals surface area (Å²) in [5.41, 5.74) is 11.2. The van der Waals surface area contributed by atoms with E-state index in [0.29, 0.717) is 0 Å². The van der Waals surface area contributed by atoms with Crippen LogP contribution in [-0.2, 0) is 0 Å². The van der Waals surface area contributed by atoms with Crippen molar-refractivity contribution in [3.05, 3.63) is 78.6 Å². The first-order valence-corrected chi connectivity index (χ1v) is 8.71. The van der Waals surface area contributed by atoms with Crippen LogP contribution in [0.1, 0.15) is 6.42 Å². The van der Waals surface area contributed by atoms with Gasteiger partial charge in [-0.05, 0) is 41.8 Å². The van der Waals surface area contributed by atoms with Crippen molar-refractivity contribution in [2.45, 2.75) is 6.42 Å². The zero-order valence-electron chi connectivity index (χ0n) is 13.1. The SMILES string of the molecule is Nc1ccc(-c2ccc(N3C=CCC=C3)c(-c3nccs3)c2)cc1. The maximum atomic E-state index is 5.80. The third-order valence-electron chi connectivity index (χ3n) is 3.99. The van der Waals surface area contributed by atoms with E-state index in [2.05, 4.69) is 64.8 Å². The highest BCUT2D eigenvalue weighted by Gasteiger charge is 2.14. The van der Waals surface area contributed by atoms with Crippen LogP contribution in [0.5, 0.6) is 0 Å². The van der Waals surface area contributed by atoms with Crippen LogP contribution in [0.25, 0.3) is 21.7 Å². The Morgan fingerprint density at radius 2 is 1.71 bits per heavy atom. The fourth-order valence-corrected chi connectivity index (χ4v) is 3.44. The van der Waals surface area contributed by atoms with E-state index >= 15 is 0 Å². The van der Waals surface area contributed by atoms with Crippen LogP contribution in [0, 0.1) is 0 Å². The summed E-state index contributed by atoms with van der Waals surface area (Å²) in [5, 5.41) is 3.03. The average Bonchev–Trinajstić information content (AvgIpc) is 3.17. The van der Waals surface area contributed by atoms with E-state index in [1.165, 1.54) is 0 Å². The van der Waals surface area contributed by atoms with Crippen LogP contribution in [0.3, 0.4) is 0 Å². The zero-order chi connectivity index (χ0) is 16.4. The maximum absolute atomic E-state index is 5.80. The van der Waals surface area contributed by atoms with Crippen molar-refractivity contribution < 1.29 is 0 Å². The van der Waals surface area contributed by atoms with Gasteiger partial charge in [-0.15, -0.1) is 11.3 Å². The van der Waals surface area contributed by atoms with Crippen molar-refractivity contribution in [1.29, 1.82) is 0 Å². The summed E-state index contributed by atoms with van der Waals surface area (Å²) >= 11 is 1.65. The number of hydrogen-bond donors (Lipinski definition) is 1. The molecule has 0 amide bonds. The maximum Gasteiger partial charge on any atom is 0.125 e. The Hall–Kier alpha value is -2.85. The van der Waals surface area contributed by atoms with Crippen molar-refractivity contribution in [3.63, 3.8) is 0 Å². The predicted molar refractivity (Wildman–Crippen MR) is 103 cm³/mol. The summed E-state index contributed by atoms with van der Waals surface area (Å²) in [6.45, 7) is 0. The van der Waals surface area contributed by atoms with Gasteiger partial charge in [-0.2, -0.15) is 0 Å². The van der Waals surface area contributed by atoms with Gasteiger partial charge in [0.05, 0.1) is 5.69 Å². The minimum atomic E-state index is 0.777. The number of allylic oxidation sites excluding steroid dienone is 2. The average molecular weight is 331 g/mol. The van der Waals surface area contributed by atoms with Gasteiger partial charge in [-0.25, -0.2) is 4.98 Å². The molecule has 2 heterocycles. The van der Waals surface area contributed by atoms with E-state index in [1.807, 2.05) is 23.7 Å². The van der Waals surface area contributed by atoms with E-state index < -0.39 is 0 Å². The molecule has 0 saturated heterocycles. The van der Waals surface area contributed by atoms with Gasteiger partial charge in [-0.1, -0.05) is 30.4 Å². The summed E-state index contributed by atoms with van der Waals surface area (Å²) < 4.78 is 0. The van der Waals surface area contributed by atoms with Crippen LogP contribution >= 0.6 is 11.3 Å². The Kier molecular flexibility index (Phi) is 3.89. The highest BCUT2D eigenvalue weighted by molar-refractivity contribution is 7.13. The van der Waals surface area contributed by atoms with Crippen LogP contribution in [0.15, 0.2) is 78.6 Å². The normalized spacial score (nSPS) is 13.4. The number of benzene rings is 2. The lowest BCUT2D eigenvalue weighted by atomic mass is 10.0. The van der Waals surface area contributed by atoms with Gasteiger partial charge in [0.2, 0.25) is 0 Å². The number of thiazole rings is 1. The highest BCUT2D eigenvalue weighted by atomic mass is 32.1. The molecule has 24 heavy (non-hydrogen) atoms. The number of aromatic nitrogens is 1. The molecule has 0 unspecified atom stereocenters. The standard InChI is InChI=1S/C20H17N3S/c21-17-7-4-15(5-8-17)16-6-9-19(23-11-2-1-3-12-23)18(14-16)20-22-10-13-24-20/h2-14H,1,21H2. The molecule has 4 rings (SSSR count). The van der Waals surface area contributed by atoms with Gasteiger partial charge in [0.15, 0.2) is 0 Å².